The Morgan fingerprint density at radius 3 is 2.64 bits per heavy atom. The molecule has 0 spiro atoms. The zero-order chi connectivity index (χ0) is 23.2. The summed E-state index contributed by atoms with van der Waals surface area (Å²) in [5, 5.41) is 5.60. The number of rotatable bonds is 8. The summed E-state index contributed by atoms with van der Waals surface area (Å²) in [6.07, 6.45) is 7.13. The Morgan fingerprint density at radius 1 is 1.15 bits per heavy atom. The Bertz CT molecular complexity index is 1110. The van der Waals surface area contributed by atoms with Crippen LogP contribution in [0.25, 0.3) is 22.4 Å². The molecule has 2 aromatic heterocycles. The van der Waals surface area contributed by atoms with Crippen LogP contribution in [0.15, 0.2) is 60.9 Å². The summed E-state index contributed by atoms with van der Waals surface area (Å²) in [5.74, 6) is 0.0105. The second kappa shape index (κ2) is 10.7. The predicted molar refractivity (Wildman–Crippen MR) is 130 cm³/mol. The van der Waals surface area contributed by atoms with Crippen molar-refractivity contribution in [3.8, 4) is 22.4 Å². The average Bonchev–Trinajstić information content (AvgIpc) is 3.22. The molecule has 172 valence electrons. The van der Waals surface area contributed by atoms with Gasteiger partial charge in [0.15, 0.2) is 0 Å². The molecule has 3 heterocycles. The SMILES string of the molecule is COCCN(C)C/C=C/C(=O)N1CCn2nc(-c3ccc(Cl)cc3)c(-c3ccncc3)c2C1. The van der Waals surface area contributed by atoms with Crippen LogP contribution in [0.4, 0.5) is 0 Å². The van der Waals surface area contributed by atoms with Crippen LogP contribution in [0.1, 0.15) is 5.69 Å². The molecule has 0 N–H and O–H groups in total. The lowest BCUT2D eigenvalue weighted by Crippen LogP contribution is -2.37. The number of ether oxygens (including phenoxy) is 1. The second-order valence-electron chi connectivity index (χ2n) is 8.05. The van der Waals surface area contributed by atoms with E-state index in [1.165, 1.54) is 0 Å². The van der Waals surface area contributed by atoms with E-state index in [-0.39, 0.29) is 5.91 Å². The average molecular weight is 466 g/mol. The van der Waals surface area contributed by atoms with E-state index in [0.29, 0.717) is 37.8 Å². The first kappa shape index (κ1) is 23.2. The summed E-state index contributed by atoms with van der Waals surface area (Å²) in [5.41, 5.74) is 4.96. The van der Waals surface area contributed by atoms with E-state index in [9.17, 15) is 4.79 Å². The third-order valence-electron chi connectivity index (χ3n) is 5.73. The monoisotopic (exact) mass is 465 g/mol. The third-order valence-corrected chi connectivity index (χ3v) is 5.98. The van der Waals surface area contributed by atoms with Gasteiger partial charge >= 0.3 is 0 Å². The molecule has 0 saturated heterocycles. The van der Waals surface area contributed by atoms with Crippen molar-refractivity contribution >= 4 is 17.5 Å². The van der Waals surface area contributed by atoms with Crippen molar-refractivity contribution < 1.29 is 9.53 Å². The highest BCUT2D eigenvalue weighted by Crippen LogP contribution is 2.36. The smallest absolute Gasteiger partial charge is 0.246 e. The molecule has 1 aliphatic heterocycles. The highest BCUT2D eigenvalue weighted by atomic mass is 35.5. The summed E-state index contributed by atoms with van der Waals surface area (Å²) in [6.45, 7) is 3.95. The molecule has 0 bridgehead atoms. The third kappa shape index (κ3) is 5.50. The molecule has 7 nitrogen and oxygen atoms in total. The van der Waals surface area contributed by atoms with Gasteiger partial charge in [-0.05, 0) is 36.9 Å². The Hall–Kier alpha value is -3.00. The number of methoxy groups -OCH3 is 1. The topological polar surface area (TPSA) is 63.5 Å². The second-order valence-corrected chi connectivity index (χ2v) is 8.49. The van der Waals surface area contributed by atoms with E-state index in [1.807, 2.05) is 59.1 Å². The Labute approximate surface area is 199 Å². The normalized spacial score (nSPS) is 13.6. The summed E-state index contributed by atoms with van der Waals surface area (Å²) in [7, 11) is 3.69. The van der Waals surface area contributed by atoms with E-state index in [1.54, 1.807) is 25.6 Å². The number of fused-ring (bicyclic) bond motifs is 1. The van der Waals surface area contributed by atoms with Crippen LogP contribution in [0.2, 0.25) is 5.02 Å². The van der Waals surface area contributed by atoms with E-state index in [4.69, 9.17) is 21.4 Å². The number of nitrogens with zero attached hydrogens (tertiary/aromatic N) is 5. The molecule has 3 aromatic rings. The maximum atomic E-state index is 12.9. The van der Waals surface area contributed by atoms with Crippen LogP contribution < -0.4 is 0 Å². The lowest BCUT2D eigenvalue weighted by atomic mass is 9.99. The molecule has 1 aliphatic rings. The van der Waals surface area contributed by atoms with Crippen molar-refractivity contribution in [2.45, 2.75) is 13.1 Å². The molecule has 1 aromatic carbocycles. The van der Waals surface area contributed by atoms with Gasteiger partial charge in [-0.3, -0.25) is 14.5 Å². The molecular formula is C25H28ClN5O2. The zero-order valence-corrected chi connectivity index (χ0v) is 19.7. The van der Waals surface area contributed by atoms with Crippen LogP contribution in [-0.4, -0.2) is 70.9 Å². The van der Waals surface area contributed by atoms with Gasteiger partial charge in [-0.1, -0.05) is 29.8 Å². The molecule has 1 amide bonds. The van der Waals surface area contributed by atoms with Crippen LogP contribution >= 0.6 is 11.6 Å². The predicted octanol–water partition coefficient (Wildman–Crippen LogP) is 3.74. The quantitative estimate of drug-likeness (QED) is 0.474. The fourth-order valence-corrected chi connectivity index (χ4v) is 4.04. The Morgan fingerprint density at radius 2 is 1.91 bits per heavy atom. The first-order chi connectivity index (χ1) is 16.1. The maximum Gasteiger partial charge on any atom is 0.246 e. The number of halogens is 1. The summed E-state index contributed by atoms with van der Waals surface area (Å²) in [6, 6.07) is 11.7. The highest BCUT2D eigenvalue weighted by Gasteiger charge is 2.27. The number of benzene rings is 1. The van der Waals surface area contributed by atoms with Crippen molar-refractivity contribution in [3.63, 3.8) is 0 Å². The van der Waals surface area contributed by atoms with Crippen molar-refractivity contribution in [2.24, 2.45) is 0 Å². The van der Waals surface area contributed by atoms with Gasteiger partial charge in [-0.2, -0.15) is 5.10 Å². The number of pyridine rings is 1. The molecule has 33 heavy (non-hydrogen) atoms. The van der Waals surface area contributed by atoms with Crippen molar-refractivity contribution in [3.05, 3.63) is 71.7 Å². The van der Waals surface area contributed by atoms with E-state index >= 15 is 0 Å². The van der Waals surface area contributed by atoms with Gasteiger partial charge in [0.2, 0.25) is 5.91 Å². The summed E-state index contributed by atoms with van der Waals surface area (Å²) in [4.78, 5) is 21.1. The number of carbonyl (C=O) groups excluding carboxylic acids is 1. The zero-order valence-electron chi connectivity index (χ0n) is 18.9. The van der Waals surface area contributed by atoms with E-state index < -0.39 is 0 Å². The first-order valence-electron chi connectivity index (χ1n) is 11.0. The molecule has 0 fully saturated rings. The van der Waals surface area contributed by atoms with Crippen LogP contribution in [0, 0.1) is 0 Å². The van der Waals surface area contributed by atoms with Crippen molar-refractivity contribution in [2.75, 3.05) is 40.4 Å². The summed E-state index contributed by atoms with van der Waals surface area (Å²) >= 11 is 6.10. The van der Waals surface area contributed by atoms with Gasteiger partial charge in [0.05, 0.1) is 25.4 Å². The van der Waals surface area contributed by atoms with Gasteiger partial charge < -0.3 is 14.5 Å². The van der Waals surface area contributed by atoms with Gasteiger partial charge in [0, 0.05) is 61.4 Å². The number of hydrogen-bond donors (Lipinski definition) is 0. The summed E-state index contributed by atoms with van der Waals surface area (Å²) < 4.78 is 7.12. The molecule has 0 unspecified atom stereocenters. The van der Waals surface area contributed by atoms with Crippen molar-refractivity contribution in [1.82, 2.24) is 24.6 Å². The number of carbonyl (C=O) groups is 1. The van der Waals surface area contributed by atoms with Crippen LogP contribution in [0.3, 0.4) is 0 Å². The minimum Gasteiger partial charge on any atom is -0.383 e. The number of aromatic nitrogens is 3. The number of likely N-dealkylation sites (N-methyl/N-ethyl adjacent to an activating group) is 1. The largest absolute Gasteiger partial charge is 0.383 e. The Balaban J connectivity index is 1.59. The fraction of sp³-hybridized carbons (Fsp3) is 0.320. The molecule has 0 radical (unpaired) electrons. The minimum atomic E-state index is 0.0105. The molecule has 0 atom stereocenters. The number of hydrogen-bond acceptors (Lipinski definition) is 5. The molecule has 4 rings (SSSR count). The van der Waals surface area contributed by atoms with Gasteiger partial charge in [-0.15, -0.1) is 0 Å². The lowest BCUT2D eigenvalue weighted by Gasteiger charge is -2.27. The standard InChI is InChI=1S/C25H28ClN5O2/c1-29(16-17-33-2)13-3-4-23(32)30-14-15-31-22(18-30)24(19-9-11-27-12-10-19)25(28-31)20-5-7-21(26)8-6-20/h3-12H,13-18H2,1-2H3/b4-3+. The van der Waals surface area contributed by atoms with Crippen LogP contribution in [-0.2, 0) is 22.6 Å². The molecule has 0 aliphatic carbocycles. The van der Waals surface area contributed by atoms with Gasteiger partial charge in [0.1, 0.15) is 5.69 Å². The molecular weight excluding hydrogens is 438 g/mol. The van der Waals surface area contributed by atoms with Gasteiger partial charge in [0.25, 0.3) is 0 Å². The van der Waals surface area contributed by atoms with E-state index in [2.05, 4.69) is 9.88 Å². The molecule has 0 saturated carbocycles. The lowest BCUT2D eigenvalue weighted by molar-refractivity contribution is -0.127. The maximum absolute atomic E-state index is 12.9. The first-order valence-corrected chi connectivity index (χ1v) is 11.3. The number of amides is 1. The van der Waals surface area contributed by atoms with Crippen molar-refractivity contribution in [1.29, 1.82) is 0 Å². The Kier molecular flexibility index (Phi) is 7.54. The van der Waals surface area contributed by atoms with Gasteiger partial charge in [-0.25, -0.2) is 0 Å². The van der Waals surface area contributed by atoms with E-state index in [0.717, 1.165) is 34.6 Å². The van der Waals surface area contributed by atoms with Crippen LogP contribution in [0.5, 0.6) is 0 Å². The fourth-order valence-electron chi connectivity index (χ4n) is 3.91. The highest BCUT2D eigenvalue weighted by molar-refractivity contribution is 6.30. The minimum absolute atomic E-state index is 0.0105. The molecule has 8 heteroatoms.